The van der Waals surface area contributed by atoms with E-state index >= 15 is 0 Å². The second-order valence-electron chi connectivity index (χ2n) is 7.42. The van der Waals surface area contributed by atoms with E-state index in [-0.39, 0.29) is 11.9 Å². The molecule has 3 atom stereocenters. The second kappa shape index (κ2) is 9.12. The van der Waals surface area contributed by atoms with E-state index in [9.17, 15) is 4.79 Å². The van der Waals surface area contributed by atoms with Crippen molar-refractivity contribution in [2.45, 2.75) is 33.2 Å². The Labute approximate surface area is 156 Å². The number of hydrogen-bond acceptors (Lipinski definition) is 5. The average Bonchev–Trinajstić information content (AvgIpc) is 2.58. The molecule has 0 radical (unpaired) electrons. The van der Waals surface area contributed by atoms with Crippen LogP contribution in [0.2, 0.25) is 0 Å². The molecule has 0 aliphatic carbocycles. The lowest BCUT2D eigenvalue weighted by Gasteiger charge is -2.36. The van der Waals surface area contributed by atoms with E-state index in [1.165, 1.54) is 20.6 Å². The van der Waals surface area contributed by atoms with Crippen LogP contribution in [0.3, 0.4) is 0 Å². The van der Waals surface area contributed by atoms with Gasteiger partial charge in [0.25, 0.3) is 5.91 Å². The van der Waals surface area contributed by atoms with Gasteiger partial charge in [-0.1, -0.05) is 13.8 Å². The minimum Gasteiger partial charge on any atom is -0.493 e. The van der Waals surface area contributed by atoms with Gasteiger partial charge >= 0.3 is 0 Å². The molecule has 1 aliphatic heterocycles. The normalized spacial score (nSPS) is 21.8. The third-order valence-corrected chi connectivity index (χ3v) is 4.80. The number of ether oxygens (including phenoxy) is 3. The summed E-state index contributed by atoms with van der Waals surface area (Å²) in [6, 6.07) is 3.46. The van der Waals surface area contributed by atoms with Crippen molar-refractivity contribution in [3.8, 4) is 17.2 Å². The molecular weight excluding hydrogens is 332 g/mol. The standard InChI is InChI=1S/C20H32N2O4/c1-13-9-14(2)11-22(10-13)12-15(3)21-20(23)16-7-8-17(24-4)19(26-6)18(16)25-5/h7-8,13-15H,9-12H2,1-6H3,(H,21,23). The zero-order valence-corrected chi connectivity index (χ0v) is 16.8. The molecule has 1 aromatic rings. The molecule has 1 fully saturated rings. The van der Waals surface area contributed by atoms with Crippen LogP contribution in [-0.2, 0) is 0 Å². The van der Waals surface area contributed by atoms with E-state index in [2.05, 4.69) is 24.1 Å². The number of nitrogens with one attached hydrogen (secondary N) is 1. The van der Waals surface area contributed by atoms with Crippen molar-refractivity contribution in [1.29, 1.82) is 0 Å². The summed E-state index contributed by atoms with van der Waals surface area (Å²) in [6.45, 7) is 9.64. The fraction of sp³-hybridized carbons (Fsp3) is 0.650. The number of hydrogen-bond donors (Lipinski definition) is 1. The number of carbonyl (C=O) groups excluding carboxylic acids is 1. The van der Waals surface area contributed by atoms with Gasteiger partial charge in [-0.15, -0.1) is 0 Å². The lowest BCUT2D eigenvalue weighted by atomic mass is 9.92. The Morgan fingerprint density at radius 1 is 1.12 bits per heavy atom. The van der Waals surface area contributed by atoms with Gasteiger partial charge in [0.05, 0.1) is 26.9 Å². The van der Waals surface area contributed by atoms with E-state index in [1.807, 2.05) is 6.92 Å². The lowest BCUT2D eigenvalue weighted by Crippen LogP contribution is -2.47. The topological polar surface area (TPSA) is 60.0 Å². The molecule has 1 heterocycles. The first-order valence-corrected chi connectivity index (χ1v) is 9.21. The number of methoxy groups -OCH3 is 3. The minimum atomic E-state index is -0.173. The first-order chi connectivity index (χ1) is 12.4. The lowest BCUT2D eigenvalue weighted by molar-refractivity contribution is 0.0901. The molecule has 6 heteroatoms. The van der Waals surface area contributed by atoms with Gasteiger partial charge in [-0.3, -0.25) is 4.79 Å². The van der Waals surface area contributed by atoms with Gasteiger partial charge in [0.1, 0.15) is 0 Å². The van der Waals surface area contributed by atoms with Crippen molar-refractivity contribution in [3.05, 3.63) is 17.7 Å². The largest absolute Gasteiger partial charge is 0.493 e. The fourth-order valence-corrected chi connectivity index (χ4v) is 3.96. The van der Waals surface area contributed by atoms with Gasteiger partial charge < -0.3 is 24.4 Å². The molecule has 0 bridgehead atoms. The van der Waals surface area contributed by atoms with Crippen molar-refractivity contribution in [2.75, 3.05) is 41.0 Å². The molecule has 0 saturated carbocycles. The number of benzene rings is 1. The summed E-state index contributed by atoms with van der Waals surface area (Å²) in [6.07, 6.45) is 1.28. The predicted octanol–water partition coefficient (Wildman–Crippen LogP) is 2.81. The minimum absolute atomic E-state index is 0.0396. The van der Waals surface area contributed by atoms with Gasteiger partial charge in [-0.2, -0.15) is 0 Å². The quantitative estimate of drug-likeness (QED) is 0.806. The molecule has 26 heavy (non-hydrogen) atoms. The third kappa shape index (κ3) is 4.81. The van der Waals surface area contributed by atoms with Crippen LogP contribution >= 0.6 is 0 Å². The maximum atomic E-state index is 12.8. The Morgan fingerprint density at radius 2 is 1.73 bits per heavy atom. The second-order valence-corrected chi connectivity index (χ2v) is 7.42. The van der Waals surface area contributed by atoms with Gasteiger partial charge in [0.2, 0.25) is 5.75 Å². The average molecular weight is 364 g/mol. The molecule has 0 spiro atoms. The maximum absolute atomic E-state index is 12.8. The SMILES string of the molecule is COc1ccc(C(=O)NC(C)CN2CC(C)CC(C)C2)c(OC)c1OC. The monoisotopic (exact) mass is 364 g/mol. The van der Waals surface area contributed by atoms with Crippen molar-refractivity contribution in [1.82, 2.24) is 10.2 Å². The molecular formula is C20H32N2O4. The van der Waals surface area contributed by atoms with Crippen LogP contribution < -0.4 is 19.5 Å². The van der Waals surface area contributed by atoms with Crippen molar-refractivity contribution < 1.29 is 19.0 Å². The van der Waals surface area contributed by atoms with Crippen LogP contribution in [0.5, 0.6) is 17.2 Å². The summed E-state index contributed by atoms with van der Waals surface area (Å²) < 4.78 is 16.0. The van der Waals surface area contributed by atoms with Crippen LogP contribution in [-0.4, -0.2) is 57.8 Å². The Morgan fingerprint density at radius 3 is 2.27 bits per heavy atom. The van der Waals surface area contributed by atoms with E-state index in [0.29, 0.717) is 34.6 Å². The van der Waals surface area contributed by atoms with Crippen LogP contribution in [0.25, 0.3) is 0 Å². The van der Waals surface area contributed by atoms with Crippen LogP contribution in [0.15, 0.2) is 12.1 Å². The van der Waals surface area contributed by atoms with Gasteiger partial charge in [-0.05, 0) is 37.3 Å². The molecule has 1 saturated heterocycles. The Kier molecular flexibility index (Phi) is 7.14. The third-order valence-electron chi connectivity index (χ3n) is 4.80. The van der Waals surface area contributed by atoms with E-state index in [4.69, 9.17) is 14.2 Å². The highest BCUT2D eigenvalue weighted by molar-refractivity contribution is 5.98. The summed E-state index contributed by atoms with van der Waals surface area (Å²) in [5.74, 6) is 2.57. The number of carbonyl (C=O) groups is 1. The molecule has 146 valence electrons. The maximum Gasteiger partial charge on any atom is 0.255 e. The van der Waals surface area contributed by atoms with Gasteiger partial charge in [0.15, 0.2) is 11.5 Å². The number of rotatable bonds is 7. The number of nitrogens with zero attached hydrogens (tertiary/aromatic N) is 1. The van der Waals surface area contributed by atoms with Crippen LogP contribution in [0, 0.1) is 11.8 Å². The van der Waals surface area contributed by atoms with E-state index < -0.39 is 0 Å². The highest BCUT2D eigenvalue weighted by Gasteiger charge is 2.25. The molecule has 3 unspecified atom stereocenters. The molecule has 1 aliphatic rings. The first-order valence-electron chi connectivity index (χ1n) is 9.21. The zero-order valence-electron chi connectivity index (χ0n) is 16.8. The highest BCUT2D eigenvalue weighted by Crippen LogP contribution is 2.39. The Hall–Kier alpha value is -1.95. The van der Waals surface area contributed by atoms with Crippen LogP contribution in [0.1, 0.15) is 37.6 Å². The summed E-state index contributed by atoms with van der Waals surface area (Å²) in [5, 5.41) is 3.08. The number of piperidine rings is 1. The molecule has 1 amide bonds. The van der Waals surface area contributed by atoms with Crippen molar-refractivity contribution >= 4 is 5.91 Å². The smallest absolute Gasteiger partial charge is 0.255 e. The number of amides is 1. The van der Waals surface area contributed by atoms with E-state index in [0.717, 1.165) is 19.6 Å². The highest BCUT2D eigenvalue weighted by atomic mass is 16.5. The molecule has 2 rings (SSSR count). The first kappa shape index (κ1) is 20.4. The van der Waals surface area contributed by atoms with Crippen molar-refractivity contribution in [2.24, 2.45) is 11.8 Å². The molecule has 0 aromatic heterocycles. The zero-order chi connectivity index (χ0) is 19.3. The van der Waals surface area contributed by atoms with E-state index in [1.54, 1.807) is 19.2 Å². The van der Waals surface area contributed by atoms with Gasteiger partial charge in [-0.25, -0.2) is 0 Å². The van der Waals surface area contributed by atoms with Gasteiger partial charge in [0, 0.05) is 25.7 Å². The Bertz CT molecular complexity index is 610. The fourth-order valence-electron chi connectivity index (χ4n) is 3.96. The van der Waals surface area contributed by atoms with Crippen molar-refractivity contribution in [3.63, 3.8) is 0 Å². The molecule has 1 aromatic carbocycles. The summed E-state index contributed by atoms with van der Waals surface area (Å²) >= 11 is 0. The molecule has 6 nitrogen and oxygen atoms in total. The predicted molar refractivity (Wildman–Crippen MR) is 102 cm³/mol. The number of likely N-dealkylation sites (tertiary alicyclic amines) is 1. The summed E-state index contributed by atoms with van der Waals surface area (Å²) in [4.78, 5) is 15.2. The molecule has 1 N–H and O–H groups in total. The summed E-state index contributed by atoms with van der Waals surface area (Å²) in [7, 11) is 4.61. The summed E-state index contributed by atoms with van der Waals surface area (Å²) in [5.41, 5.74) is 0.442. The van der Waals surface area contributed by atoms with Crippen LogP contribution in [0.4, 0.5) is 0 Å². The Balaban J connectivity index is 2.07.